The molecule has 28 heavy (non-hydrogen) atoms. The molecular formula is C20H30N2O6. The molecule has 1 aromatic carbocycles. The maximum absolute atomic E-state index is 12.7. The predicted octanol–water partition coefficient (Wildman–Crippen LogP) is 2.84. The van der Waals surface area contributed by atoms with E-state index in [4.69, 9.17) is 18.9 Å². The summed E-state index contributed by atoms with van der Waals surface area (Å²) < 4.78 is 21.1. The Kier molecular flexibility index (Phi) is 8.22. The topological polar surface area (TPSA) is 86.3 Å². The van der Waals surface area contributed by atoms with Crippen LogP contribution in [0.5, 0.6) is 17.2 Å². The van der Waals surface area contributed by atoms with Gasteiger partial charge in [0.1, 0.15) is 0 Å². The van der Waals surface area contributed by atoms with Crippen molar-refractivity contribution in [1.29, 1.82) is 0 Å². The van der Waals surface area contributed by atoms with E-state index in [1.165, 1.54) is 21.3 Å². The number of carbonyl (C=O) groups excluding carboxylic acids is 2. The van der Waals surface area contributed by atoms with Gasteiger partial charge in [-0.3, -0.25) is 4.79 Å². The summed E-state index contributed by atoms with van der Waals surface area (Å²) in [4.78, 5) is 26.4. The molecule has 2 rings (SSSR count). The molecule has 2 amide bonds. The highest BCUT2D eigenvalue weighted by molar-refractivity contribution is 5.95. The van der Waals surface area contributed by atoms with Gasteiger partial charge in [0.2, 0.25) is 5.75 Å². The van der Waals surface area contributed by atoms with Crippen LogP contribution in [0.1, 0.15) is 43.0 Å². The highest BCUT2D eigenvalue weighted by Gasteiger charge is 2.26. The van der Waals surface area contributed by atoms with E-state index >= 15 is 0 Å². The number of amides is 2. The second kappa shape index (κ2) is 10.6. The summed E-state index contributed by atoms with van der Waals surface area (Å²) in [6.45, 7) is 3.62. The maximum Gasteiger partial charge on any atom is 0.409 e. The van der Waals surface area contributed by atoms with Crippen LogP contribution in [0.15, 0.2) is 12.1 Å². The average molecular weight is 394 g/mol. The zero-order valence-electron chi connectivity index (χ0n) is 17.1. The summed E-state index contributed by atoms with van der Waals surface area (Å²) in [6.07, 6.45) is 2.94. The molecule has 0 bridgehead atoms. The first-order valence-electron chi connectivity index (χ1n) is 9.56. The largest absolute Gasteiger partial charge is 0.493 e. The summed E-state index contributed by atoms with van der Waals surface area (Å²) in [5.41, 5.74) is 0.427. The van der Waals surface area contributed by atoms with Crippen molar-refractivity contribution in [1.82, 2.24) is 10.2 Å². The van der Waals surface area contributed by atoms with Crippen molar-refractivity contribution in [3.63, 3.8) is 0 Å². The van der Waals surface area contributed by atoms with E-state index in [2.05, 4.69) is 12.2 Å². The fraction of sp³-hybridized carbons (Fsp3) is 0.600. The average Bonchev–Trinajstić information content (AvgIpc) is 2.73. The minimum Gasteiger partial charge on any atom is -0.493 e. The Bertz CT molecular complexity index is 646. The van der Waals surface area contributed by atoms with E-state index < -0.39 is 0 Å². The van der Waals surface area contributed by atoms with Crippen LogP contribution in [0.25, 0.3) is 0 Å². The summed E-state index contributed by atoms with van der Waals surface area (Å²) in [5.74, 6) is 1.08. The summed E-state index contributed by atoms with van der Waals surface area (Å²) in [6, 6.07) is 3.24. The Labute approximate surface area is 166 Å². The van der Waals surface area contributed by atoms with Gasteiger partial charge < -0.3 is 29.2 Å². The Hall–Kier alpha value is -2.64. The quantitative estimate of drug-likeness (QED) is 0.683. The number of hydrogen-bond donors (Lipinski definition) is 1. The third-order valence-corrected chi connectivity index (χ3v) is 4.74. The van der Waals surface area contributed by atoms with E-state index in [9.17, 15) is 9.59 Å². The lowest BCUT2D eigenvalue weighted by molar-refractivity contribution is 0.0836. The lowest BCUT2D eigenvalue weighted by atomic mass is 10.0. The molecule has 1 aliphatic rings. The van der Waals surface area contributed by atoms with E-state index in [1.54, 1.807) is 17.0 Å². The first kappa shape index (κ1) is 21.7. The maximum atomic E-state index is 12.7. The first-order valence-corrected chi connectivity index (χ1v) is 9.56. The standard InChI is InChI=1S/C20H30N2O6/c1-5-6-11-28-20(24)22-9-7-15(8-10-22)21-19(23)14-12-16(25-2)18(27-4)17(13-14)26-3/h12-13,15H,5-11H2,1-4H3,(H,21,23). The minimum atomic E-state index is -0.275. The lowest BCUT2D eigenvalue weighted by Crippen LogP contribution is -2.46. The molecule has 1 fully saturated rings. The molecule has 0 saturated carbocycles. The van der Waals surface area contributed by atoms with E-state index in [0.717, 1.165) is 12.8 Å². The van der Waals surface area contributed by atoms with Gasteiger partial charge in [0.05, 0.1) is 27.9 Å². The molecule has 0 spiro atoms. The van der Waals surface area contributed by atoms with Crippen LogP contribution >= 0.6 is 0 Å². The van der Waals surface area contributed by atoms with Gasteiger partial charge >= 0.3 is 6.09 Å². The molecule has 1 aromatic rings. The Balaban J connectivity index is 1.93. The molecule has 8 heteroatoms. The fourth-order valence-corrected chi connectivity index (χ4v) is 3.08. The normalized spacial score (nSPS) is 14.4. The minimum absolute atomic E-state index is 0.00807. The zero-order chi connectivity index (χ0) is 20.5. The number of hydrogen-bond acceptors (Lipinski definition) is 6. The van der Waals surface area contributed by atoms with Crippen molar-refractivity contribution in [3.05, 3.63) is 17.7 Å². The van der Waals surface area contributed by atoms with Gasteiger partial charge in [0.15, 0.2) is 11.5 Å². The van der Waals surface area contributed by atoms with E-state index in [1.807, 2.05) is 0 Å². The summed E-state index contributed by atoms with van der Waals surface area (Å²) in [5, 5.41) is 3.02. The van der Waals surface area contributed by atoms with Crippen molar-refractivity contribution >= 4 is 12.0 Å². The molecule has 0 aromatic heterocycles. The first-order chi connectivity index (χ1) is 13.5. The van der Waals surface area contributed by atoms with Crippen molar-refractivity contribution in [2.75, 3.05) is 41.0 Å². The molecule has 1 N–H and O–H groups in total. The number of likely N-dealkylation sites (tertiary alicyclic amines) is 1. The molecule has 1 aliphatic heterocycles. The van der Waals surface area contributed by atoms with Crippen LogP contribution < -0.4 is 19.5 Å². The molecule has 1 heterocycles. The van der Waals surface area contributed by atoms with Gasteiger partial charge in [0.25, 0.3) is 5.91 Å². The monoisotopic (exact) mass is 394 g/mol. The third-order valence-electron chi connectivity index (χ3n) is 4.74. The van der Waals surface area contributed by atoms with Crippen molar-refractivity contribution in [2.24, 2.45) is 0 Å². The third kappa shape index (κ3) is 5.43. The van der Waals surface area contributed by atoms with Crippen LogP contribution in [-0.2, 0) is 4.74 Å². The zero-order valence-corrected chi connectivity index (χ0v) is 17.1. The van der Waals surface area contributed by atoms with Crippen LogP contribution in [0.2, 0.25) is 0 Å². The second-order valence-electron chi connectivity index (χ2n) is 6.62. The van der Waals surface area contributed by atoms with Crippen molar-refractivity contribution in [3.8, 4) is 17.2 Å². The molecule has 0 atom stereocenters. The molecule has 0 unspecified atom stereocenters. The molecule has 0 radical (unpaired) electrons. The lowest BCUT2D eigenvalue weighted by Gasteiger charge is -2.31. The molecule has 1 saturated heterocycles. The number of carbonyl (C=O) groups is 2. The van der Waals surface area contributed by atoms with Crippen molar-refractivity contribution < 1.29 is 28.5 Å². The predicted molar refractivity (Wildman–Crippen MR) is 104 cm³/mol. The Morgan fingerprint density at radius 1 is 1.07 bits per heavy atom. The Morgan fingerprint density at radius 2 is 1.68 bits per heavy atom. The van der Waals surface area contributed by atoms with Gasteiger partial charge in [-0.2, -0.15) is 0 Å². The van der Waals surface area contributed by atoms with E-state index in [-0.39, 0.29) is 18.0 Å². The van der Waals surface area contributed by atoms with Crippen LogP contribution in [0.4, 0.5) is 4.79 Å². The summed E-state index contributed by atoms with van der Waals surface area (Å²) >= 11 is 0. The van der Waals surface area contributed by atoms with Crippen LogP contribution in [-0.4, -0.2) is 64.0 Å². The summed E-state index contributed by atoms with van der Waals surface area (Å²) in [7, 11) is 4.53. The van der Waals surface area contributed by atoms with Gasteiger partial charge in [0, 0.05) is 24.7 Å². The molecular weight excluding hydrogens is 364 g/mol. The van der Waals surface area contributed by atoms with Crippen molar-refractivity contribution in [2.45, 2.75) is 38.6 Å². The number of piperidine rings is 1. The Morgan fingerprint density at radius 3 is 2.18 bits per heavy atom. The highest BCUT2D eigenvalue weighted by atomic mass is 16.6. The number of rotatable bonds is 8. The van der Waals surface area contributed by atoms with Gasteiger partial charge in [-0.05, 0) is 31.4 Å². The van der Waals surface area contributed by atoms with E-state index in [0.29, 0.717) is 55.4 Å². The van der Waals surface area contributed by atoms with Gasteiger partial charge in [-0.15, -0.1) is 0 Å². The molecule has 156 valence electrons. The number of methoxy groups -OCH3 is 3. The van der Waals surface area contributed by atoms with Crippen LogP contribution in [0, 0.1) is 0 Å². The highest BCUT2D eigenvalue weighted by Crippen LogP contribution is 2.38. The molecule has 0 aliphatic carbocycles. The number of nitrogens with one attached hydrogen (secondary N) is 1. The number of unbranched alkanes of at least 4 members (excludes halogenated alkanes) is 1. The number of benzene rings is 1. The second-order valence-corrected chi connectivity index (χ2v) is 6.62. The van der Waals surface area contributed by atoms with Gasteiger partial charge in [-0.25, -0.2) is 4.79 Å². The fourth-order valence-electron chi connectivity index (χ4n) is 3.08. The SMILES string of the molecule is CCCCOC(=O)N1CCC(NC(=O)c2cc(OC)c(OC)c(OC)c2)CC1. The number of ether oxygens (including phenoxy) is 4. The van der Waals surface area contributed by atoms with Crippen LogP contribution in [0.3, 0.4) is 0 Å². The number of nitrogens with zero attached hydrogens (tertiary/aromatic N) is 1. The smallest absolute Gasteiger partial charge is 0.409 e. The molecule has 8 nitrogen and oxygen atoms in total. The van der Waals surface area contributed by atoms with Gasteiger partial charge in [-0.1, -0.05) is 13.3 Å².